The predicted molar refractivity (Wildman–Crippen MR) is 120 cm³/mol. The van der Waals surface area contributed by atoms with Crippen LogP contribution in [0.25, 0.3) is 10.9 Å². The van der Waals surface area contributed by atoms with Crippen LogP contribution in [0.5, 0.6) is 0 Å². The zero-order valence-electron chi connectivity index (χ0n) is 16.0. The molecular weight excluding hydrogens is 376 g/mol. The van der Waals surface area contributed by atoms with Crippen LogP contribution in [-0.4, -0.2) is 16.6 Å². The van der Waals surface area contributed by atoms with Crippen molar-refractivity contribution in [3.05, 3.63) is 108 Å². The zero-order chi connectivity index (χ0) is 19.9. The summed E-state index contributed by atoms with van der Waals surface area (Å²) in [4.78, 5) is 17.2. The Labute approximate surface area is 175 Å². The van der Waals surface area contributed by atoms with E-state index in [0.29, 0.717) is 12.3 Å². The molecule has 0 aliphatic heterocycles. The van der Waals surface area contributed by atoms with Crippen molar-refractivity contribution < 1.29 is 4.79 Å². The molecule has 3 aromatic carbocycles. The lowest BCUT2D eigenvalue weighted by Gasteiger charge is -2.11. The number of aromatic nitrogens is 1. The number of carbonyl (C=O) groups excluding carboxylic acids is 1. The molecule has 1 heterocycles. The lowest BCUT2D eigenvalue weighted by atomic mass is 10.0. The van der Waals surface area contributed by atoms with Crippen molar-refractivity contribution in [3.63, 3.8) is 0 Å². The average Bonchev–Trinajstić information content (AvgIpc) is 2.77. The normalized spacial score (nSPS) is 10.8. The maximum atomic E-state index is 12.4. The van der Waals surface area contributed by atoms with Gasteiger partial charge < -0.3 is 5.32 Å². The first kappa shape index (κ1) is 19.2. The SMILES string of the molecule is O=C(CSc1nc2ccccc2cc1Cc1ccccc1)NCc1ccccc1. The van der Waals surface area contributed by atoms with Crippen LogP contribution >= 0.6 is 11.8 Å². The van der Waals surface area contributed by atoms with Crippen molar-refractivity contribution in [2.75, 3.05) is 5.75 Å². The third kappa shape index (κ3) is 5.24. The van der Waals surface area contributed by atoms with E-state index in [1.54, 1.807) is 0 Å². The quantitative estimate of drug-likeness (QED) is 0.433. The van der Waals surface area contributed by atoms with E-state index in [-0.39, 0.29) is 5.91 Å². The topological polar surface area (TPSA) is 42.0 Å². The van der Waals surface area contributed by atoms with Crippen LogP contribution in [0, 0.1) is 0 Å². The summed E-state index contributed by atoms with van der Waals surface area (Å²) in [5.74, 6) is 0.361. The molecule has 3 nitrogen and oxygen atoms in total. The van der Waals surface area contributed by atoms with Crippen LogP contribution < -0.4 is 5.32 Å². The molecule has 4 aromatic rings. The summed E-state index contributed by atoms with van der Waals surface area (Å²) in [7, 11) is 0. The number of nitrogens with one attached hydrogen (secondary N) is 1. The highest BCUT2D eigenvalue weighted by atomic mass is 32.2. The monoisotopic (exact) mass is 398 g/mol. The van der Waals surface area contributed by atoms with E-state index in [1.807, 2.05) is 66.7 Å². The predicted octanol–water partition coefficient (Wildman–Crippen LogP) is 5.23. The molecule has 0 radical (unpaired) electrons. The number of carbonyl (C=O) groups is 1. The van der Waals surface area contributed by atoms with E-state index < -0.39 is 0 Å². The largest absolute Gasteiger partial charge is 0.351 e. The first-order valence-corrected chi connectivity index (χ1v) is 10.6. The number of amides is 1. The molecular formula is C25H22N2OS. The Hall–Kier alpha value is -3.11. The number of benzene rings is 3. The molecule has 0 fully saturated rings. The number of rotatable bonds is 7. The van der Waals surface area contributed by atoms with Gasteiger partial charge in [0.2, 0.25) is 5.91 Å². The summed E-state index contributed by atoms with van der Waals surface area (Å²) in [5, 5.41) is 5.03. The second kappa shape index (κ2) is 9.39. The van der Waals surface area contributed by atoms with Gasteiger partial charge in [-0.1, -0.05) is 90.6 Å². The van der Waals surface area contributed by atoms with Crippen LogP contribution in [0.1, 0.15) is 16.7 Å². The van der Waals surface area contributed by atoms with Gasteiger partial charge in [0.25, 0.3) is 0 Å². The van der Waals surface area contributed by atoms with Crippen molar-refractivity contribution in [2.24, 2.45) is 0 Å². The molecule has 0 saturated heterocycles. The molecule has 1 N–H and O–H groups in total. The van der Waals surface area contributed by atoms with Crippen molar-refractivity contribution in [3.8, 4) is 0 Å². The van der Waals surface area contributed by atoms with Crippen molar-refractivity contribution in [1.82, 2.24) is 10.3 Å². The summed E-state index contributed by atoms with van der Waals surface area (Å²) >= 11 is 1.50. The standard InChI is InChI=1S/C25H22N2OS/c28-24(26-17-20-11-5-2-6-12-20)18-29-25-22(15-19-9-3-1-4-10-19)16-21-13-7-8-14-23(21)27-25/h1-14,16H,15,17-18H2,(H,26,28). The molecule has 1 aromatic heterocycles. The molecule has 0 unspecified atom stereocenters. The molecule has 1 amide bonds. The first-order chi connectivity index (χ1) is 14.3. The number of thioether (sulfide) groups is 1. The second-order valence-corrected chi connectivity index (χ2v) is 7.82. The van der Waals surface area contributed by atoms with Crippen LogP contribution in [0.4, 0.5) is 0 Å². The van der Waals surface area contributed by atoms with Crippen LogP contribution in [0.2, 0.25) is 0 Å². The summed E-state index contributed by atoms with van der Waals surface area (Å²) in [5.41, 5.74) is 4.44. The molecule has 0 spiro atoms. The van der Waals surface area contributed by atoms with E-state index in [9.17, 15) is 4.79 Å². The number of pyridine rings is 1. The Bertz CT molecular complexity index is 1100. The first-order valence-electron chi connectivity index (χ1n) is 9.64. The molecule has 4 heteroatoms. The van der Waals surface area contributed by atoms with Crippen LogP contribution in [0.3, 0.4) is 0 Å². The summed E-state index contributed by atoms with van der Waals surface area (Å²) in [6.45, 7) is 0.544. The Balaban J connectivity index is 1.49. The van der Waals surface area contributed by atoms with Gasteiger partial charge in [-0.15, -0.1) is 0 Å². The number of para-hydroxylation sites is 1. The summed E-state index contributed by atoms with van der Waals surface area (Å²) in [6.07, 6.45) is 0.798. The van der Waals surface area contributed by atoms with E-state index >= 15 is 0 Å². The molecule has 0 aliphatic rings. The Kier molecular flexibility index (Phi) is 6.22. The van der Waals surface area contributed by atoms with E-state index in [0.717, 1.165) is 33.5 Å². The second-order valence-electron chi connectivity index (χ2n) is 6.86. The molecule has 0 bridgehead atoms. The van der Waals surface area contributed by atoms with Crippen LogP contribution in [0.15, 0.2) is 96.0 Å². The third-order valence-corrected chi connectivity index (χ3v) is 5.71. The van der Waals surface area contributed by atoms with Gasteiger partial charge in [0.15, 0.2) is 0 Å². The average molecular weight is 399 g/mol. The van der Waals surface area contributed by atoms with E-state index in [2.05, 4.69) is 29.6 Å². The minimum absolute atomic E-state index is 0.0134. The van der Waals surface area contributed by atoms with Gasteiger partial charge >= 0.3 is 0 Å². The minimum Gasteiger partial charge on any atom is -0.351 e. The molecule has 4 rings (SSSR count). The smallest absolute Gasteiger partial charge is 0.230 e. The highest BCUT2D eigenvalue weighted by Gasteiger charge is 2.11. The number of hydrogen-bond donors (Lipinski definition) is 1. The molecule has 144 valence electrons. The highest BCUT2D eigenvalue weighted by Crippen LogP contribution is 2.27. The van der Waals surface area contributed by atoms with Crippen molar-refractivity contribution in [2.45, 2.75) is 18.0 Å². The fourth-order valence-corrected chi connectivity index (χ4v) is 4.04. The van der Waals surface area contributed by atoms with Gasteiger partial charge in [-0.2, -0.15) is 0 Å². The molecule has 0 atom stereocenters. The van der Waals surface area contributed by atoms with Gasteiger partial charge in [0, 0.05) is 18.4 Å². The van der Waals surface area contributed by atoms with Crippen LogP contribution in [-0.2, 0) is 17.8 Å². The van der Waals surface area contributed by atoms with E-state index in [1.165, 1.54) is 17.3 Å². The fourth-order valence-electron chi connectivity index (χ4n) is 3.19. The Morgan fingerprint density at radius 1 is 0.828 bits per heavy atom. The summed E-state index contributed by atoms with van der Waals surface area (Å²) in [6, 6.07) is 30.6. The Morgan fingerprint density at radius 2 is 1.48 bits per heavy atom. The Morgan fingerprint density at radius 3 is 2.24 bits per heavy atom. The number of fused-ring (bicyclic) bond motifs is 1. The van der Waals surface area contributed by atoms with Gasteiger partial charge in [-0.3, -0.25) is 4.79 Å². The third-order valence-electron chi connectivity index (χ3n) is 4.67. The lowest BCUT2D eigenvalue weighted by Crippen LogP contribution is -2.24. The van der Waals surface area contributed by atoms with Gasteiger partial charge in [0.05, 0.1) is 11.3 Å². The number of nitrogens with zero attached hydrogens (tertiary/aromatic N) is 1. The maximum Gasteiger partial charge on any atom is 0.230 e. The minimum atomic E-state index is 0.0134. The van der Waals surface area contributed by atoms with E-state index in [4.69, 9.17) is 4.98 Å². The highest BCUT2D eigenvalue weighted by molar-refractivity contribution is 7.99. The van der Waals surface area contributed by atoms with Gasteiger partial charge in [-0.05, 0) is 28.8 Å². The lowest BCUT2D eigenvalue weighted by molar-refractivity contribution is -0.118. The van der Waals surface area contributed by atoms with Gasteiger partial charge in [-0.25, -0.2) is 4.98 Å². The molecule has 0 aliphatic carbocycles. The van der Waals surface area contributed by atoms with Crippen molar-refractivity contribution in [1.29, 1.82) is 0 Å². The molecule has 29 heavy (non-hydrogen) atoms. The summed E-state index contributed by atoms with van der Waals surface area (Å²) < 4.78 is 0. The fraction of sp³-hybridized carbons (Fsp3) is 0.120. The molecule has 0 saturated carbocycles. The van der Waals surface area contributed by atoms with Crippen molar-refractivity contribution >= 4 is 28.6 Å². The number of hydrogen-bond acceptors (Lipinski definition) is 3. The van der Waals surface area contributed by atoms with Gasteiger partial charge in [0.1, 0.15) is 5.03 Å². The zero-order valence-corrected chi connectivity index (χ0v) is 16.9. The maximum absolute atomic E-state index is 12.4.